The first-order valence-corrected chi connectivity index (χ1v) is 22.8. The Kier molecular flexibility index (Phi) is 12.6. The minimum Gasteiger partial charge on any atom is -0.256 e. The molecule has 316 valence electrons. The van der Waals surface area contributed by atoms with Gasteiger partial charge in [0.1, 0.15) is 0 Å². The van der Waals surface area contributed by atoms with Gasteiger partial charge in [-0.2, -0.15) is 0 Å². The van der Waals surface area contributed by atoms with E-state index in [-0.39, 0.29) is 13.4 Å². The number of benzene rings is 8. The third kappa shape index (κ3) is 8.72. The highest BCUT2D eigenvalue weighted by Gasteiger charge is 2.31. The fourth-order valence-corrected chi connectivity index (χ4v) is 11.1. The minimum atomic E-state index is 0.0532. The second kappa shape index (κ2) is 18.3. The summed E-state index contributed by atoms with van der Waals surface area (Å²) >= 11 is 0. The molecule has 0 bridgehead atoms. The SMILES string of the molecule is Cc1cc(C)c(B(c2ccccc2C=Nc2cccc3c(N=Cc4ccccc4B(c4c(C)cc(C)cc4C)c4c(C)cc(C)cc4C)cccc23)c2c(C)cc(C)cc2C)c(C)c1. The third-order valence-electron chi connectivity index (χ3n) is 13.3. The normalized spacial score (nSPS) is 11.6. The first kappa shape index (κ1) is 44.1. The van der Waals surface area contributed by atoms with Crippen molar-refractivity contribution < 1.29 is 0 Å². The summed E-state index contributed by atoms with van der Waals surface area (Å²) in [5.41, 5.74) is 27.7. The monoisotopic (exact) mass is 830 g/mol. The van der Waals surface area contributed by atoms with Gasteiger partial charge in [-0.05, 0) is 106 Å². The summed E-state index contributed by atoms with van der Waals surface area (Å²) in [5, 5.41) is 2.14. The van der Waals surface area contributed by atoms with Gasteiger partial charge in [0.2, 0.25) is 13.4 Å². The van der Waals surface area contributed by atoms with E-state index in [0.29, 0.717) is 0 Å². The molecule has 8 rings (SSSR count). The second-order valence-corrected chi connectivity index (χ2v) is 18.5. The average Bonchev–Trinajstić information content (AvgIpc) is 3.22. The lowest BCUT2D eigenvalue weighted by atomic mass is 9.33. The number of hydrogen-bond donors (Lipinski definition) is 0. The van der Waals surface area contributed by atoms with Crippen molar-refractivity contribution in [2.75, 3.05) is 0 Å². The molecular formula is C60H60B2N2. The van der Waals surface area contributed by atoms with Crippen LogP contribution in [-0.2, 0) is 0 Å². The van der Waals surface area contributed by atoms with E-state index >= 15 is 0 Å². The zero-order valence-corrected chi connectivity index (χ0v) is 39.9. The van der Waals surface area contributed by atoms with Gasteiger partial charge >= 0.3 is 0 Å². The van der Waals surface area contributed by atoms with Gasteiger partial charge in [-0.3, -0.25) is 9.98 Å². The number of nitrogens with zero attached hydrogens (tertiary/aromatic N) is 2. The lowest BCUT2D eigenvalue weighted by Crippen LogP contribution is -2.56. The topological polar surface area (TPSA) is 24.7 Å². The third-order valence-corrected chi connectivity index (χ3v) is 13.3. The Bertz CT molecular complexity index is 2730. The van der Waals surface area contributed by atoms with E-state index in [9.17, 15) is 0 Å². The Balaban J connectivity index is 1.21. The molecule has 0 heterocycles. The van der Waals surface area contributed by atoms with Crippen molar-refractivity contribution in [2.24, 2.45) is 9.98 Å². The molecule has 2 nitrogen and oxygen atoms in total. The van der Waals surface area contributed by atoms with E-state index < -0.39 is 0 Å². The summed E-state index contributed by atoms with van der Waals surface area (Å²) in [5.74, 6) is 0. The van der Waals surface area contributed by atoms with Gasteiger partial charge in [0.15, 0.2) is 0 Å². The fraction of sp³-hybridized carbons (Fsp3) is 0.200. The molecule has 0 spiro atoms. The molecule has 8 aromatic rings. The van der Waals surface area contributed by atoms with Crippen LogP contribution in [0.15, 0.2) is 143 Å². The fourth-order valence-electron chi connectivity index (χ4n) is 11.1. The van der Waals surface area contributed by atoms with E-state index in [0.717, 1.165) is 33.3 Å². The van der Waals surface area contributed by atoms with E-state index in [4.69, 9.17) is 9.98 Å². The molecule has 8 aromatic carbocycles. The molecule has 0 aliphatic heterocycles. The van der Waals surface area contributed by atoms with Gasteiger partial charge < -0.3 is 0 Å². The maximum absolute atomic E-state index is 5.29. The first-order valence-electron chi connectivity index (χ1n) is 22.8. The van der Waals surface area contributed by atoms with Crippen molar-refractivity contribution in [3.63, 3.8) is 0 Å². The number of aryl methyl sites for hydroxylation is 12. The lowest BCUT2D eigenvalue weighted by Gasteiger charge is -2.25. The van der Waals surface area contributed by atoms with Crippen molar-refractivity contribution in [3.8, 4) is 0 Å². The predicted molar refractivity (Wildman–Crippen MR) is 283 cm³/mol. The molecule has 0 aliphatic carbocycles. The first-order chi connectivity index (χ1) is 30.7. The summed E-state index contributed by atoms with van der Waals surface area (Å²) in [7, 11) is 0. The van der Waals surface area contributed by atoms with Crippen LogP contribution < -0.4 is 32.8 Å². The molecule has 4 heteroatoms. The van der Waals surface area contributed by atoms with Crippen LogP contribution in [0.4, 0.5) is 11.4 Å². The second-order valence-electron chi connectivity index (χ2n) is 18.5. The highest BCUT2D eigenvalue weighted by molar-refractivity contribution is 6.97. The van der Waals surface area contributed by atoms with E-state index in [1.807, 2.05) is 0 Å². The van der Waals surface area contributed by atoms with Crippen LogP contribution >= 0.6 is 0 Å². The number of aliphatic imine (C=N–C) groups is 2. The Hall–Kier alpha value is -6.51. The van der Waals surface area contributed by atoms with Crippen molar-refractivity contribution in [1.82, 2.24) is 0 Å². The summed E-state index contributed by atoms with van der Waals surface area (Å²) in [6, 6.07) is 49.1. The molecule has 0 aliphatic rings. The quantitative estimate of drug-likeness (QED) is 0.0969. The Labute approximate surface area is 383 Å². The van der Waals surface area contributed by atoms with Crippen molar-refractivity contribution >= 4 is 80.8 Å². The highest BCUT2D eigenvalue weighted by Crippen LogP contribution is 2.32. The van der Waals surface area contributed by atoms with Crippen LogP contribution in [0.25, 0.3) is 10.8 Å². The Morgan fingerprint density at radius 1 is 0.312 bits per heavy atom. The van der Waals surface area contributed by atoms with Crippen LogP contribution in [0.5, 0.6) is 0 Å². The molecule has 0 saturated carbocycles. The zero-order valence-electron chi connectivity index (χ0n) is 39.9. The van der Waals surface area contributed by atoms with Gasteiger partial charge in [-0.15, -0.1) is 0 Å². The number of fused-ring (bicyclic) bond motifs is 1. The molecule has 0 saturated heterocycles. The molecule has 0 amide bonds. The van der Waals surface area contributed by atoms with Gasteiger partial charge in [-0.25, -0.2) is 0 Å². The van der Waals surface area contributed by atoms with Crippen LogP contribution in [0, 0.1) is 83.1 Å². The molecule has 0 radical (unpaired) electrons. The van der Waals surface area contributed by atoms with Gasteiger partial charge in [-0.1, -0.05) is 221 Å². The molecule has 0 aromatic heterocycles. The van der Waals surface area contributed by atoms with Crippen LogP contribution in [0.2, 0.25) is 0 Å². The summed E-state index contributed by atoms with van der Waals surface area (Å²) in [6.45, 7) is 27.0. The molecule has 0 N–H and O–H groups in total. The van der Waals surface area contributed by atoms with Crippen molar-refractivity contribution in [2.45, 2.75) is 83.1 Å². The number of hydrogen-bond acceptors (Lipinski definition) is 2. The van der Waals surface area contributed by atoms with Crippen LogP contribution in [0.3, 0.4) is 0 Å². The largest absolute Gasteiger partial charge is 0.256 e. The average molecular weight is 831 g/mol. The van der Waals surface area contributed by atoms with Crippen molar-refractivity contribution in [1.29, 1.82) is 0 Å². The number of rotatable bonds is 10. The molecular weight excluding hydrogens is 770 g/mol. The minimum absolute atomic E-state index is 0.0532. The van der Waals surface area contributed by atoms with E-state index in [1.165, 1.54) is 99.5 Å². The summed E-state index contributed by atoms with van der Waals surface area (Å²) in [4.78, 5) is 10.6. The maximum Gasteiger partial charge on any atom is 0.243 e. The standard InChI is InChI=1S/C60H60B2N2/c1-37-27-41(5)57(42(6)28-37)61(58-43(7)29-38(2)30-44(58)8)53-23-15-13-19-49(53)35-63-55-25-17-22-52-51(55)21-18-26-56(52)64-36-50-20-14-16-24-54(50)62(59-45(9)31-39(3)32-46(59)10)60-47(11)33-40(4)34-48(60)12/h13-36H,1-12H3. The zero-order chi connectivity index (χ0) is 45.4. The van der Waals surface area contributed by atoms with Crippen LogP contribution in [0.1, 0.15) is 77.9 Å². The Morgan fingerprint density at radius 3 is 0.859 bits per heavy atom. The summed E-state index contributed by atoms with van der Waals surface area (Å²) < 4.78 is 0. The van der Waals surface area contributed by atoms with E-state index in [2.05, 4.69) is 229 Å². The van der Waals surface area contributed by atoms with Crippen molar-refractivity contribution in [3.05, 3.63) is 211 Å². The smallest absolute Gasteiger partial charge is 0.243 e. The summed E-state index contributed by atoms with van der Waals surface area (Å²) in [6.07, 6.45) is 4.15. The highest BCUT2D eigenvalue weighted by atomic mass is 14.7. The predicted octanol–water partition coefficient (Wildman–Crippen LogP) is 11.1. The molecule has 0 atom stereocenters. The van der Waals surface area contributed by atoms with Gasteiger partial charge in [0.25, 0.3) is 0 Å². The molecule has 64 heavy (non-hydrogen) atoms. The lowest BCUT2D eigenvalue weighted by molar-refractivity contribution is 1.34. The molecule has 0 fully saturated rings. The molecule has 0 unspecified atom stereocenters. The van der Waals surface area contributed by atoms with Crippen LogP contribution in [-0.4, -0.2) is 25.9 Å². The Morgan fingerprint density at radius 2 is 0.578 bits per heavy atom. The van der Waals surface area contributed by atoms with Gasteiger partial charge in [0, 0.05) is 23.2 Å². The maximum atomic E-state index is 5.29. The van der Waals surface area contributed by atoms with E-state index in [1.54, 1.807) is 0 Å². The van der Waals surface area contributed by atoms with Gasteiger partial charge in [0.05, 0.1) is 11.4 Å².